The Morgan fingerprint density at radius 1 is 1.08 bits per heavy atom. The van der Waals surface area contributed by atoms with Crippen LogP contribution in [0.4, 0.5) is 0 Å². The molecule has 1 aliphatic rings. The molecule has 0 heterocycles. The molecule has 4 heteroatoms. The van der Waals surface area contributed by atoms with E-state index < -0.39 is 12.1 Å². The van der Waals surface area contributed by atoms with Gasteiger partial charge in [0.15, 0.2) is 6.10 Å². The van der Waals surface area contributed by atoms with Gasteiger partial charge in [0, 0.05) is 6.54 Å². The highest BCUT2D eigenvalue weighted by molar-refractivity contribution is 5.96. The Bertz CT molecular complexity index is 750. The average Bonchev–Trinajstić information content (AvgIpc) is 2.66. The summed E-state index contributed by atoms with van der Waals surface area (Å²) < 4.78 is 5.34. The zero-order valence-corrected chi connectivity index (χ0v) is 14.7. The second-order valence-corrected chi connectivity index (χ2v) is 6.86. The predicted octanol–water partition coefficient (Wildman–Crippen LogP) is 4.08. The highest BCUT2D eigenvalue weighted by atomic mass is 16.5. The number of benzene rings is 2. The van der Waals surface area contributed by atoms with E-state index in [0.717, 1.165) is 10.8 Å². The van der Waals surface area contributed by atoms with E-state index in [4.69, 9.17) is 4.74 Å². The van der Waals surface area contributed by atoms with Crippen molar-refractivity contribution in [2.45, 2.75) is 45.1 Å². The molecule has 0 aromatic heterocycles. The van der Waals surface area contributed by atoms with Crippen molar-refractivity contribution in [2.24, 2.45) is 5.92 Å². The minimum absolute atomic E-state index is 0.222. The number of hydrogen-bond donors (Lipinski definition) is 1. The predicted molar refractivity (Wildman–Crippen MR) is 98.4 cm³/mol. The van der Waals surface area contributed by atoms with Crippen molar-refractivity contribution in [3.8, 4) is 0 Å². The second-order valence-electron chi connectivity index (χ2n) is 6.86. The molecule has 1 saturated carbocycles. The van der Waals surface area contributed by atoms with Gasteiger partial charge in [-0.1, -0.05) is 49.6 Å². The summed E-state index contributed by atoms with van der Waals surface area (Å²) in [5, 5.41) is 4.97. The SMILES string of the molecule is C[C@H](OC(=O)c1ccc2ccccc2c1)C(=O)NCC1CCCCC1. The van der Waals surface area contributed by atoms with Crippen LogP contribution in [0.25, 0.3) is 10.8 Å². The van der Waals surface area contributed by atoms with E-state index >= 15 is 0 Å². The quantitative estimate of drug-likeness (QED) is 0.835. The van der Waals surface area contributed by atoms with E-state index in [2.05, 4.69) is 5.32 Å². The lowest BCUT2D eigenvalue weighted by Crippen LogP contribution is -2.38. The monoisotopic (exact) mass is 339 g/mol. The number of rotatable bonds is 5. The molecule has 0 saturated heterocycles. The summed E-state index contributed by atoms with van der Waals surface area (Å²) >= 11 is 0. The van der Waals surface area contributed by atoms with Crippen LogP contribution in [-0.4, -0.2) is 24.5 Å². The van der Waals surface area contributed by atoms with Gasteiger partial charge >= 0.3 is 5.97 Å². The van der Waals surface area contributed by atoms with Gasteiger partial charge in [-0.3, -0.25) is 4.79 Å². The van der Waals surface area contributed by atoms with Crippen molar-refractivity contribution in [3.63, 3.8) is 0 Å². The van der Waals surface area contributed by atoms with Crippen LogP contribution in [0.5, 0.6) is 0 Å². The van der Waals surface area contributed by atoms with Crippen LogP contribution in [0.1, 0.15) is 49.4 Å². The van der Waals surface area contributed by atoms with E-state index in [-0.39, 0.29) is 5.91 Å². The first kappa shape index (κ1) is 17.5. The molecule has 1 amide bonds. The lowest BCUT2D eigenvalue weighted by atomic mass is 9.89. The molecule has 4 nitrogen and oxygen atoms in total. The Labute approximate surface area is 148 Å². The van der Waals surface area contributed by atoms with Gasteiger partial charge in [0.25, 0.3) is 5.91 Å². The molecule has 3 rings (SSSR count). The molecule has 1 N–H and O–H groups in total. The Morgan fingerprint density at radius 3 is 2.56 bits per heavy atom. The van der Waals surface area contributed by atoms with E-state index in [0.29, 0.717) is 18.0 Å². The maximum absolute atomic E-state index is 12.3. The average molecular weight is 339 g/mol. The number of esters is 1. The molecule has 1 atom stereocenters. The van der Waals surface area contributed by atoms with Crippen molar-refractivity contribution in [1.29, 1.82) is 0 Å². The van der Waals surface area contributed by atoms with E-state index in [1.54, 1.807) is 19.1 Å². The van der Waals surface area contributed by atoms with Gasteiger partial charge in [0.2, 0.25) is 0 Å². The maximum atomic E-state index is 12.3. The van der Waals surface area contributed by atoms with Gasteiger partial charge in [-0.2, -0.15) is 0 Å². The first-order valence-corrected chi connectivity index (χ1v) is 9.11. The third-order valence-corrected chi connectivity index (χ3v) is 4.93. The molecule has 0 spiro atoms. The first-order chi connectivity index (χ1) is 12.1. The number of carbonyl (C=O) groups is 2. The fourth-order valence-electron chi connectivity index (χ4n) is 3.38. The number of amides is 1. The van der Waals surface area contributed by atoms with Gasteiger partial charge in [0.05, 0.1) is 5.56 Å². The number of carbonyl (C=O) groups excluding carboxylic acids is 2. The van der Waals surface area contributed by atoms with Crippen molar-refractivity contribution in [3.05, 3.63) is 48.0 Å². The molecular formula is C21H25NO3. The Hall–Kier alpha value is -2.36. The van der Waals surface area contributed by atoms with Crippen LogP contribution < -0.4 is 5.32 Å². The Balaban J connectivity index is 1.54. The van der Waals surface area contributed by atoms with Crippen molar-refractivity contribution in [2.75, 3.05) is 6.54 Å². The van der Waals surface area contributed by atoms with Gasteiger partial charge in [0.1, 0.15) is 0 Å². The molecule has 2 aromatic rings. The molecule has 0 aliphatic heterocycles. The molecule has 0 bridgehead atoms. The summed E-state index contributed by atoms with van der Waals surface area (Å²) in [6.07, 6.45) is 5.34. The van der Waals surface area contributed by atoms with Crippen LogP contribution >= 0.6 is 0 Å². The summed E-state index contributed by atoms with van der Waals surface area (Å²) in [5.74, 6) is -0.133. The van der Waals surface area contributed by atoms with Crippen LogP contribution in [0.3, 0.4) is 0 Å². The number of ether oxygens (including phenoxy) is 1. The van der Waals surface area contributed by atoms with E-state index in [1.807, 2.05) is 30.3 Å². The zero-order valence-electron chi connectivity index (χ0n) is 14.7. The normalized spacial score (nSPS) is 16.4. The summed E-state index contributed by atoms with van der Waals surface area (Å²) in [6, 6.07) is 13.2. The summed E-state index contributed by atoms with van der Waals surface area (Å²) in [4.78, 5) is 24.5. The van der Waals surface area contributed by atoms with Crippen LogP contribution in [0, 0.1) is 5.92 Å². The lowest BCUT2D eigenvalue weighted by molar-refractivity contribution is -0.129. The molecule has 132 valence electrons. The molecule has 2 aromatic carbocycles. The highest BCUT2D eigenvalue weighted by Gasteiger charge is 2.21. The molecule has 0 unspecified atom stereocenters. The topological polar surface area (TPSA) is 55.4 Å². The van der Waals surface area contributed by atoms with Crippen molar-refractivity contribution in [1.82, 2.24) is 5.32 Å². The summed E-state index contributed by atoms with van der Waals surface area (Å²) in [7, 11) is 0. The van der Waals surface area contributed by atoms with E-state index in [1.165, 1.54) is 32.1 Å². The standard InChI is InChI=1S/C21H25NO3/c1-15(20(23)22-14-16-7-3-2-4-8-16)25-21(24)19-12-11-17-9-5-6-10-18(17)13-19/h5-6,9-13,15-16H,2-4,7-8,14H2,1H3,(H,22,23)/t15-/m0/s1. The summed E-state index contributed by atoms with van der Waals surface area (Å²) in [5.41, 5.74) is 0.464. The smallest absolute Gasteiger partial charge is 0.338 e. The molecule has 1 aliphatic carbocycles. The van der Waals surface area contributed by atoms with Gasteiger partial charge in [-0.05, 0) is 48.6 Å². The third-order valence-electron chi connectivity index (χ3n) is 4.93. The molecule has 1 fully saturated rings. The third kappa shape index (κ3) is 4.59. The Morgan fingerprint density at radius 2 is 1.80 bits per heavy atom. The fraction of sp³-hybridized carbons (Fsp3) is 0.429. The molecular weight excluding hydrogens is 314 g/mol. The van der Waals surface area contributed by atoms with Gasteiger partial charge in [-0.15, -0.1) is 0 Å². The van der Waals surface area contributed by atoms with Crippen molar-refractivity contribution >= 4 is 22.6 Å². The van der Waals surface area contributed by atoms with Crippen molar-refractivity contribution < 1.29 is 14.3 Å². The molecule has 0 radical (unpaired) electrons. The fourth-order valence-corrected chi connectivity index (χ4v) is 3.38. The second kappa shape index (κ2) is 8.15. The first-order valence-electron chi connectivity index (χ1n) is 9.11. The minimum atomic E-state index is -0.789. The minimum Gasteiger partial charge on any atom is -0.449 e. The van der Waals surface area contributed by atoms with Crippen LogP contribution in [-0.2, 0) is 9.53 Å². The van der Waals surface area contributed by atoms with Crippen LogP contribution in [0.15, 0.2) is 42.5 Å². The molecule has 25 heavy (non-hydrogen) atoms. The summed E-state index contributed by atoms with van der Waals surface area (Å²) in [6.45, 7) is 2.30. The Kier molecular flexibility index (Phi) is 5.69. The maximum Gasteiger partial charge on any atom is 0.338 e. The lowest BCUT2D eigenvalue weighted by Gasteiger charge is -2.22. The van der Waals surface area contributed by atoms with Crippen LogP contribution in [0.2, 0.25) is 0 Å². The number of fused-ring (bicyclic) bond motifs is 1. The number of hydrogen-bond acceptors (Lipinski definition) is 3. The largest absolute Gasteiger partial charge is 0.449 e. The van der Waals surface area contributed by atoms with Gasteiger partial charge < -0.3 is 10.1 Å². The zero-order chi connectivity index (χ0) is 17.6. The van der Waals surface area contributed by atoms with Gasteiger partial charge in [-0.25, -0.2) is 4.79 Å². The number of nitrogens with one attached hydrogen (secondary N) is 1. The van der Waals surface area contributed by atoms with E-state index in [9.17, 15) is 9.59 Å². The highest BCUT2D eigenvalue weighted by Crippen LogP contribution is 2.22.